The molecule has 0 saturated carbocycles. The lowest BCUT2D eigenvalue weighted by atomic mass is 10.2. The van der Waals surface area contributed by atoms with Gasteiger partial charge in [-0.25, -0.2) is 4.98 Å². The summed E-state index contributed by atoms with van der Waals surface area (Å²) in [6.07, 6.45) is 2.48. The van der Waals surface area contributed by atoms with Gasteiger partial charge in [0.1, 0.15) is 0 Å². The van der Waals surface area contributed by atoms with Crippen LogP contribution in [0.2, 0.25) is 0 Å². The van der Waals surface area contributed by atoms with Gasteiger partial charge in [0.15, 0.2) is 0 Å². The highest BCUT2D eigenvalue weighted by molar-refractivity contribution is 7.99. The first-order valence-corrected chi connectivity index (χ1v) is 7.10. The van der Waals surface area contributed by atoms with Gasteiger partial charge >= 0.3 is 0 Å². The summed E-state index contributed by atoms with van der Waals surface area (Å²) < 4.78 is 0. The van der Waals surface area contributed by atoms with Crippen LogP contribution in [0, 0.1) is 6.92 Å². The Labute approximate surface area is 93.5 Å². The Morgan fingerprint density at radius 3 is 3.21 bits per heavy atom. The summed E-state index contributed by atoms with van der Waals surface area (Å²) in [6.45, 7) is 3.20. The summed E-state index contributed by atoms with van der Waals surface area (Å²) in [7, 11) is 0. The molecular formula is C10H16N2S2. The predicted octanol–water partition coefficient (Wildman–Crippen LogP) is 2.09. The average Bonchev–Trinajstić information content (AvgIpc) is 2.78. The van der Waals surface area contributed by atoms with E-state index in [1.807, 2.05) is 5.51 Å². The van der Waals surface area contributed by atoms with Gasteiger partial charge in [0.25, 0.3) is 0 Å². The van der Waals surface area contributed by atoms with E-state index in [9.17, 15) is 0 Å². The Morgan fingerprint density at radius 1 is 1.64 bits per heavy atom. The first-order chi connectivity index (χ1) is 6.86. The van der Waals surface area contributed by atoms with E-state index in [2.05, 4.69) is 29.0 Å². The summed E-state index contributed by atoms with van der Waals surface area (Å²) >= 11 is 3.84. The highest BCUT2D eigenvalue weighted by Gasteiger charge is 2.14. The van der Waals surface area contributed by atoms with Crippen LogP contribution in [0.3, 0.4) is 0 Å². The number of aromatic nitrogens is 1. The van der Waals surface area contributed by atoms with E-state index >= 15 is 0 Å². The fourth-order valence-electron chi connectivity index (χ4n) is 1.65. The third kappa shape index (κ3) is 2.72. The van der Waals surface area contributed by atoms with Gasteiger partial charge in [-0.15, -0.1) is 11.3 Å². The van der Waals surface area contributed by atoms with Crippen LogP contribution in [0.25, 0.3) is 0 Å². The minimum atomic E-state index is 0.758. The Hall–Kier alpha value is -0.0600. The Bertz CT molecular complexity index is 279. The van der Waals surface area contributed by atoms with Crippen molar-refractivity contribution in [3.8, 4) is 0 Å². The van der Waals surface area contributed by atoms with Crippen LogP contribution in [0.1, 0.15) is 17.0 Å². The maximum Gasteiger partial charge on any atom is 0.0797 e. The molecule has 0 bridgehead atoms. The molecule has 4 heteroatoms. The molecule has 0 amide bonds. The highest BCUT2D eigenvalue weighted by atomic mass is 32.2. The zero-order valence-electron chi connectivity index (χ0n) is 8.45. The molecular weight excluding hydrogens is 212 g/mol. The van der Waals surface area contributed by atoms with Gasteiger partial charge in [0.05, 0.1) is 11.2 Å². The molecule has 0 spiro atoms. The van der Waals surface area contributed by atoms with Crippen LogP contribution in [-0.4, -0.2) is 29.1 Å². The van der Waals surface area contributed by atoms with Crippen molar-refractivity contribution in [2.75, 3.05) is 18.1 Å². The Balaban J connectivity index is 1.70. The van der Waals surface area contributed by atoms with E-state index in [0.717, 1.165) is 19.0 Å². The number of thiazole rings is 1. The molecule has 2 nitrogen and oxygen atoms in total. The van der Waals surface area contributed by atoms with E-state index in [1.54, 1.807) is 11.3 Å². The summed E-state index contributed by atoms with van der Waals surface area (Å²) in [5.74, 6) is 2.62. The maximum absolute atomic E-state index is 4.25. The summed E-state index contributed by atoms with van der Waals surface area (Å²) in [5, 5.41) is 3.61. The standard InChI is InChI=1S/C10H16N2S2/c1-8-10(14-7-12-8)2-4-11-9-3-5-13-6-9/h7,9,11H,2-6H2,1H3. The fourth-order valence-corrected chi connectivity index (χ4v) is 3.62. The molecule has 0 aliphatic carbocycles. The highest BCUT2D eigenvalue weighted by Crippen LogP contribution is 2.17. The lowest BCUT2D eigenvalue weighted by molar-refractivity contribution is 0.561. The van der Waals surface area contributed by atoms with Gasteiger partial charge in [-0.05, 0) is 25.5 Å². The number of thioether (sulfide) groups is 1. The minimum Gasteiger partial charge on any atom is -0.313 e. The molecule has 1 unspecified atom stereocenters. The van der Waals surface area contributed by atoms with Gasteiger partial charge in [0.2, 0.25) is 0 Å². The van der Waals surface area contributed by atoms with Crippen molar-refractivity contribution in [2.24, 2.45) is 0 Å². The van der Waals surface area contributed by atoms with E-state index in [-0.39, 0.29) is 0 Å². The molecule has 1 N–H and O–H groups in total. The third-order valence-corrected chi connectivity index (χ3v) is 4.72. The fraction of sp³-hybridized carbons (Fsp3) is 0.700. The van der Waals surface area contributed by atoms with Gasteiger partial charge in [0, 0.05) is 23.2 Å². The summed E-state index contributed by atoms with van der Waals surface area (Å²) in [4.78, 5) is 5.69. The van der Waals surface area contributed by atoms with Crippen LogP contribution in [0.4, 0.5) is 0 Å². The van der Waals surface area contributed by atoms with Crippen molar-refractivity contribution in [2.45, 2.75) is 25.8 Å². The predicted molar refractivity (Wildman–Crippen MR) is 64.3 cm³/mol. The Morgan fingerprint density at radius 2 is 2.57 bits per heavy atom. The molecule has 1 fully saturated rings. The quantitative estimate of drug-likeness (QED) is 0.854. The first-order valence-electron chi connectivity index (χ1n) is 5.06. The van der Waals surface area contributed by atoms with Gasteiger partial charge in [-0.1, -0.05) is 0 Å². The zero-order chi connectivity index (χ0) is 9.80. The second-order valence-corrected chi connectivity index (χ2v) is 5.71. The van der Waals surface area contributed by atoms with Crippen molar-refractivity contribution in [3.63, 3.8) is 0 Å². The number of nitrogens with zero attached hydrogens (tertiary/aromatic N) is 1. The first kappa shape index (κ1) is 10.5. The van der Waals surface area contributed by atoms with Crippen molar-refractivity contribution >= 4 is 23.1 Å². The molecule has 1 aliphatic rings. The topological polar surface area (TPSA) is 24.9 Å². The smallest absolute Gasteiger partial charge is 0.0797 e. The molecule has 1 atom stereocenters. The van der Waals surface area contributed by atoms with Crippen molar-refractivity contribution in [3.05, 3.63) is 16.1 Å². The van der Waals surface area contributed by atoms with Gasteiger partial charge in [-0.2, -0.15) is 11.8 Å². The molecule has 0 aromatic carbocycles. The SMILES string of the molecule is Cc1ncsc1CCNC1CCSC1. The summed E-state index contributed by atoms with van der Waals surface area (Å²) in [5.41, 5.74) is 3.15. The number of hydrogen-bond acceptors (Lipinski definition) is 4. The van der Waals surface area contributed by atoms with Crippen LogP contribution in [0.15, 0.2) is 5.51 Å². The number of hydrogen-bond donors (Lipinski definition) is 1. The minimum absolute atomic E-state index is 0.758. The van der Waals surface area contributed by atoms with Crippen LogP contribution < -0.4 is 5.32 Å². The molecule has 2 heterocycles. The third-order valence-electron chi connectivity index (χ3n) is 2.56. The monoisotopic (exact) mass is 228 g/mol. The van der Waals surface area contributed by atoms with Crippen LogP contribution >= 0.6 is 23.1 Å². The molecule has 1 saturated heterocycles. The van der Waals surface area contributed by atoms with Crippen molar-refractivity contribution in [1.82, 2.24) is 10.3 Å². The van der Waals surface area contributed by atoms with E-state index in [4.69, 9.17) is 0 Å². The summed E-state index contributed by atoms with van der Waals surface area (Å²) in [6, 6.07) is 0.758. The number of aryl methyl sites for hydroxylation is 1. The van der Waals surface area contributed by atoms with E-state index in [1.165, 1.54) is 28.5 Å². The number of rotatable bonds is 4. The molecule has 0 radical (unpaired) electrons. The lowest BCUT2D eigenvalue weighted by Crippen LogP contribution is -2.30. The van der Waals surface area contributed by atoms with Crippen molar-refractivity contribution in [1.29, 1.82) is 0 Å². The second kappa shape index (κ2) is 5.14. The molecule has 2 rings (SSSR count). The van der Waals surface area contributed by atoms with E-state index < -0.39 is 0 Å². The largest absolute Gasteiger partial charge is 0.313 e. The van der Waals surface area contributed by atoms with Gasteiger partial charge < -0.3 is 5.32 Å². The molecule has 1 aliphatic heterocycles. The maximum atomic E-state index is 4.25. The molecule has 1 aromatic heterocycles. The van der Waals surface area contributed by atoms with E-state index in [0.29, 0.717) is 0 Å². The second-order valence-electron chi connectivity index (χ2n) is 3.63. The van der Waals surface area contributed by atoms with Crippen molar-refractivity contribution < 1.29 is 0 Å². The normalized spacial score (nSPS) is 21.6. The van der Waals surface area contributed by atoms with Gasteiger partial charge in [-0.3, -0.25) is 0 Å². The zero-order valence-corrected chi connectivity index (χ0v) is 10.1. The lowest BCUT2D eigenvalue weighted by Gasteiger charge is -2.09. The van der Waals surface area contributed by atoms with Crippen LogP contribution in [0.5, 0.6) is 0 Å². The average molecular weight is 228 g/mol. The molecule has 14 heavy (non-hydrogen) atoms. The molecule has 78 valence electrons. The Kier molecular flexibility index (Phi) is 3.84. The number of nitrogens with one attached hydrogen (secondary N) is 1. The van der Waals surface area contributed by atoms with Crippen LogP contribution in [-0.2, 0) is 6.42 Å². The molecule has 1 aromatic rings.